The van der Waals surface area contributed by atoms with Crippen LogP contribution in [0.25, 0.3) is 0 Å². The molecule has 0 radical (unpaired) electrons. The van der Waals surface area contributed by atoms with Crippen LogP contribution in [-0.4, -0.2) is 26.6 Å². The normalized spacial score (nSPS) is 24.7. The van der Waals surface area contributed by atoms with Gasteiger partial charge in [0.2, 0.25) is 5.79 Å². The maximum Gasteiger partial charge on any atom is 0.201 e. The summed E-state index contributed by atoms with van der Waals surface area (Å²) in [6.45, 7) is 0.115. The van der Waals surface area contributed by atoms with Crippen LogP contribution in [0.15, 0.2) is 59.5 Å². The molecule has 7 heteroatoms. The first kappa shape index (κ1) is 25.6. The average Bonchev–Trinajstić information content (AvgIpc) is 2.84. The zero-order valence-electron chi connectivity index (χ0n) is 19.7. The largest absolute Gasteiger partial charge is 0.344 e. The molecular weight excluding hydrogens is 472 g/mol. The topological polar surface area (TPSA) is 61.8 Å². The zero-order chi connectivity index (χ0) is 23.9. The van der Waals surface area contributed by atoms with E-state index < -0.39 is 21.2 Å². The summed E-state index contributed by atoms with van der Waals surface area (Å²) in [6, 6.07) is 15.6. The second-order valence-electron chi connectivity index (χ2n) is 9.62. The third-order valence-corrected chi connectivity index (χ3v) is 9.02. The first-order chi connectivity index (χ1) is 16.4. The lowest BCUT2D eigenvalue weighted by molar-refractivity contribution is -0.516. The Labute approximate surface area is 208 Å². The van der Waals surface area contributed by atoms with Gasteiger partial charge in [0.15, 0.2) is 15.4 Å². The molecule has 0 bridgehead atoms. The molecule has 1 aliphatic heterocycles. The van der Waals surface area contributed by atoms with Crippen molar-refractivity contribution in [3.8, 4) is 0 Å². The van der Waals surface area contributed by atoms with Crippen LogP contribution in [0.4, 0.5) is 0 Å². The van der Waals surface area contributed by atoms with Crippen LogP contribution in [-0.2, 0) is 30.0 Å². The van der Waals surface area contributed by atoms with Crippen molar-refractivity contribution in [1.29, 1.82) is 0 Å². The van der Waals surface area contributed by atoms with Gasteiger partial charge in [0.05, 0.1) is 17.3 Å². The van der Waals surface area contributed by atoms with Gasteiger partial charge in [-0.2, -0.15) is 0 Å². The van der Waals surface area contributed by atoms with Gasteiger partial charge < -0.3 is 4.74 Å². The second-order valence-corrected chi connectivity index (χ2v) is 12.0. The third-order valence-electron chi connectivity index (χ3n) is 6.93. The molecule has 1 spiro atoms. The van der Waals surface area contributed by atoms with E-state index in [0.29, 0.717) is 5.02 Å². The Morgan fingerprint density at radius 3 is 1.82 bits per heavy atom. The molecule has 5 nitrogen and oxygen atoms in total. The maximum atomic E-state index is 13.4. The highest BCUT2D eigenvalue weighted by atomic mass is 35.5. The molecule has 2 aromatic carbocycles. The van der Waals surface area contributed by atoms with Crippen molar-refractivity contribution in [2.75, 3.05) is 12.4 Å². The summed E-state index contributed by atoms with van der Waals surface area (Å²) in [5.41, 5.74) is -0.537. The molecule has 0 N–H and O–H groups in total. The lowest BCUT2D eigenvalue weighted by Crippen LogP contribution is -2.53. The van der Waals surface area contributed by atoms with Gasteiger partial charge in [-0.1, -0.05) is 86.9 Å². The molecule has 1 aliphatic carbocycles. The number of halogens is 1. The fraction of sp³-hybridized carbons (Fsp3) is 0.556. The monoisotopic (exact) mass is 506 g/mol. The lowest BCUT2D eigenvalue weighted by Gasteiger charge is -2.45. The molecule has 34 heavy (non-hydrogen) atoms. The number of hydrogen-bond acceptors (Lipinski definition) is 5. The zero-order valence-corrected chi connectivity index (χ0v) is 21.3. The standard InChI is InChI=1S/C27H35ClO5S/c28-24-15-17-25(18-16-24)34(29,30)22-26(23-13-9-8-10-14-23)21-31-27(33-32-26)19-11-6-4-2-1-3-5-7-12-20-27/h8-10,13-18H,1-7,11-12,19-22H2. The highest BCUT2D eigenvalue weighted by molar-refractivity contribution is 7.91. The number of rotatable bonds is 4. The molecule has 0 aromatic heterocycles. The molecule has 0 amide bonds. The molecule has 1 unspecified atom stereocenters. The van der Waals surface area contributed by atoms with Crippen LogP contribution in [0.5, 0.6) is 0 Å². The minimum atomic E-state index is -3.70. The smallest absolute Gasteiger partial charge is 0.201 e. The SMILES string of the molecule is O=S(=O)(CC1(c2ccccc2)COC2(CCCCCCCCCCC2)OO1)c1ccc(Cl)cc1. The van der Waals surface area contributed by atoms with Crippen LogP contribution < -0.4 is 0 Å². The molecular formula is C27H35ClO5S. The number of sulfone groups is 1. The third kappa shape index (κ3) is 6.41. The molecule has 1 saturated heterocycles. The lowest BCUT2D eigenvalue weighted by atomic mass is 9.94. The Hall–Kier alpha value is -1.44. The summed E-state index contributed by atoms with van der Waals surface area (Å²) < 4.78 is 33.2. The van der Waals surface area contributed by atoms with Gasteiger partial charge in [-0.3, -0.25) is 0 Å². The molecule has 1 atom stereocenters. The number of hydrogen-bond donors (Lipinski definition) is 0. The van der Waals surface area contributed by atoms with Crippen LogP contribution in [0, 0.1) is 0 Å². The minimum absolute atomic E-state index is 0.115. The van der Waals surface area contributed by atoms with Gasteiger partial charge in [0, 0.05) is 17.9 Å². The van der Waals surface area contributed by atoms with E-state index in [2.05, 4.69) is 0 Å². The summed E-state index contributed by atoms with van der Waals surface area (Å²) in [7, 11) is -3.70. The first-order valence-corrected chi connectivity index (χ1v) is 14.5. The molecule has 4 rings (SSSR count). The molecule has 1 heterocycles. The Morgan fingerprint density at radius 1 is 0.735 bits per heavy atom. The average molecular weight is 507 g/mol. The van der Waals surface area contributed by atoms with E-state index in [9.17, 15) is 8.42 Å². The van der Waals surface area contributed by atoms with Gasteiger partial charge in [0.25, 0.3) is 0 Å². The summed E-state index contributed by atoms with van der Waals surface area (Å²) in [5.74, 6) is -1.11. The fourth-order valence-corrected chi connectivity index (χ4v) is 6.64. The van der Waals surface area contributed by atoms with E-state index in [1.54, 1.807) is 12.1 Å². The van der Waals surface area contributed by atoms with Gasteiger partial charge in [-0.25, -0.2) is 18.2 Å². The van der Waals surface area contributed by atoms with E-state index in [1.165, 1.54) is 44.2 Å². The van der Waals surface area contributed by atoms with E-state index in [4.69, 9.17) is 26.1 Å². The van der Waals surface area contributed by atoms with Gasteiger partial charge in [-0.15, -0.1) is 0 Å². The first-order valence-electron chi connectivity index (χ1n) is 12.5. The molecule has 2 aromatic rings. The molecule has 186 valence electrons. The summed E-state index contributed by atoms with van der Waals surface area (Å²) in [4.78, 5) is 12.4. The van der Waals surface area contributed by atoms with Gasteiger partial charge in [-0.05, 0) is 42.7 Å². The predicted octanol–water partition coefficient (Wildman–Crippen LogP) is 6.99. The van der Waals surface area contributed by atoms with Crippen molar-refractivity contribution < 1.29 is 22.9 Å². The van der Waals surface area contributed by atoms with Gasteiger partial charge >= 0.3 is 0 Å². The fourth-order valence-electron chi connectivity index (χ4n) is 4.89. The van der Waals surface area contributed by atoms with Crippen molar-refractivity contribution >= 4 is 21.4 Å². The predicted molar refractivity (Wildman–Crippen MR) is 133 cm³/mol. The molecule has 1 saturated carbocycles. The Bertz CT molecular complexity index is 985. The van der Waals surface area contributed by atoms with Crippen LogP contribution in [0.1, 0.15) is 76.2 Å². The summed E-state index contributed by atoms with van der Waals surface area (Å²) in [6.07, 6.45) is 12.1. The highest BCUT2D eigenvalue weighted by Crippen LogP contribution is 2.41. The summed E-state index contributed by atoms with van der Waals surface area (Å²) in [5, 5.41) is 0.488. The Kier molecular flexibility index (Phi) is 8.70. The van der Waals surface area contributed by atoms with Crippen molar-refractivity contribution in [3.05, 3.63) is 65.2 Å². The van der Waals surface area contributed by atoms with E-state index >= 15 is 0 Å². The van der Waals surface area contributed by atoms with Gasteiger partial charge in [0.1, 0.15) is 0 Å². The minimum Gasteiger partial charge on any atom is -0.344 e. The second kappa shape index (κ2) is 11.5. The number of benzene rings is 2. The highest BCUT2D eigenvalue weighted by Gasteiger charge is 2.49. The Morgan fingerprint density at radius 2 is 1.29 bits per heavy atom. The van der Waals surface area contributed by atoms with E-state index in [0.717, 1.165) is 44.1 Å². The van der Waals surface area contributed by atoms with Crippen molar-refractivity contribution in [1.82, 2.24) is 0 Å². The van der Waals surface area contributed by atoms with E-state index in [1.807, 2.05) is 30.3 Å². The molecule has 2 fully saturated rings. The Balaban J connectivity index is 1.56. The molecule has 2 aliphatic rings. The van der Waals surface area contributed by atoms with E-state index in [-0.39, 0.29) is 17.3 Å². The van der Waals surface area contributed by atoms with Crippen molar-refractivity contribution in [2.45, 2.75) is 86.9 Å². The van der Waals surface area contributed by atoms with Crippen molar-refractivity contribution in [2.24, 2.45) is 0 Å². The van der Waals surface area contributed by atoms with Crippen molar-refractivity contribution in [3.63, 3.8) is 0 Å². The maximum absolute atomic E-state index is 13.4. The van der Waals surface area contributed by atoms with Crippen LogP contribution in [0.2, 0.25) is 5.02 Å². The van der Waals surface area contributed by atoms with Crippen LogP contribution in [0.3, 0.4) is 0 Å². The van der Waals surface area contributed by atoms with Crippen LogP contribution >= 0.6 is 11.6 Å². The quantitative estimate of drug-likeness (QED) is 0.418. The number of ether oxygens (including phenoxy) is 1. The summed E-state index contributed by atoms with van der Waals surface area (Å²) >= 11 is 5.97.